The minimum Gasteiger partial charge on any atom is -0.497 e. The minimum atomic E-state index is -2.36. The number of aryl methyl sites for hydroxylation is 1. The fraction of sp³-hybridized carbons (Fsp3) is 0.389. The Morgan fingerprint density at radius 1 is 1.10 bits per heavy atom. The van der Waals surface area contributed by atoms with Crippen LogP contribution >= 0.6 is 0 Å². The molecule has 2 aromatic heterocycles. The topological polar surface area (TPSA) is 121 Å². The Balaban J connectivity index is 1.48. The molecule has 6 rings (SSSR count). The lowest BCUT2D eigenvalue weighted by atomic mass is 9.82. The number of benzene rings is 2. The third-order valence-corrected chi connectivity index (χ3v) is 14.5. The van der Waals surface area contributed by atoms with Crippen molar-refractivity contribution in [2.24, 2.45) is 5.92 Å². The van der Waals surface area contributed by atoms with E-state index in [1.807, 2.05) is 36.5 Å². The summed E-state index contributed by atoms with van der Waals surface area (Å²) in [5.41, 5.74) is 1.28. The van der Waals surface area contributed by atoms with Gasteiger partial charge in [0.25, 0.3) is 11.5 Å². The van der Waals surface area contributed by atoms with Crippen LogP contribution < -0.4 is 25.1 Å². The number of anilines is 1. The van der Waals surface area contributed by atoms with Crippen molar-refractivity contribution in [1.29, 1.82) is 0 Å². The maximum absolute atomic E-state index is 14.8. The molecule has 0 aliphatic carbocycles. The van der Waals surface area contributed by atoms with Crippen LogP contribution in [0.4, 0.5) is 5.69 Å². The Morgan fingerprint density at radius 2 is 1.88 bits per heavy atom. The van der Waals surface area contributed by atoms with Gasteiger partial charge in [-0.15, -0.1) is 11.7 Å². The molecule has 4 aromatic rings. The Kier molecular flexibility index (Phi) is 9.16. The van der Waals surface area contributed by atoms with E-state index in [2.05, 4.69) is 49.0 Å². The fourth-order valence-electron chi connectivity index (χ4n) is 7.80. The molecule has 0 unspecified atom stereocenters. The highest BCUT2D eigenvalue weighted by Crippen LogP contribution is 2.60. The third-order valence-electron chi connectivity index (χ3n) is 10.1. The van der Waals surface area contributed by atoms with E-state index < -0.39 is 13.7 Å². The smallest absolute Gasteiger partial charge is 0.297 e. The van der Waals surface area contributed by atoms with Gasteiger partial charge in [0.1, 0.15) is 5.75 Å². The Hall–Kier alpha value is -4.52. The number of nitrogens with zero attached hydrogens (tertiary/aromatic N) is 5. The zero-order chi connectivity index (χ0) is 34.2. The molecule has 1 saturated heterocycles. The largest absolute Gasteiger partial charge is 0.497 e. The molecule has 2 aliphatic heterocycles. The molecule has 1 fully saturated rings. The zero-order valence-electron chi connectivity index (χ0n) is 28.1. The summed E-state index contributed by atoms with van der Waals surface area (Å²) in [5, 5.41) is 19.1. The van der Waals surface area contributed by atoms with Crippen molar-refractivity contribution in [2.45, 2.75) is 56.7 Å². The summed E-state index contributed by atoms with van der Waals surface area (Å²) < 4.78 is 21.3. The van der Waals surface area contributed by atoms with Gasteiger partial charge >= 0.3 is 0 Å². The second-order valence-electron chi connectivity index (χ2n) is 13.0. The fourth-order valence-corrected chi connectivity index (χ4v) is 11.9. The average Bonchev–Trinajstić information content (AvgIpc) is 3.74. The predicted octanol–water partition coefficient (Wildman–Crippen LogP) is 3.82. The number of amides is 1. The molecule has 0 bridgehead atoms. The predicted molar refractivity (Wildman–Crippen MR) is 186 cm³/mol. The molecule has 1 amide bonds. The SMILES string of the molecule is C=CCN1C(=O)[C@@]2(O[C@@H](CCn3cc(CCO)nn3)[C@H]([Si](C)(C)c3ccc(OC)cc3)[C@H]2C)c2cc(-n3cccc(OC)c3=O)ccc21. The van der Waals surface area contributed by atoms with Gasteiger partial charge in [-0.3, -0.25) is 18.8 Å². The normalized spacial score (nSPS) is 21.9. The van der Waals surface area contributed by atoms with Gasteiger partial charge in [-0.25, -0.2) is 0 Å². The van der Waals surface area contributed by atoms with Crippen LogP contribution in [0.1, 0.15) is 24.6 Å². The summed E-state index contributed by atoms with van der Waals surface area (Å²) in [5.74, 6) is 0.672. The molecule has 11 nitrogen and oxygen atoms in total. The van der Waals surface area contributed by atoms with Crippen molar-refractivity contribution in [1.82, 2.24) is 19.6 Å². The van der Waals surface area contributed by atoms with Crippen LogP contribution in [-0.2, 0) is 28.1 Å². The first-order chi connectivity index (χ1) is 23.1. The summed E-state index contributed by atoms with van der Waals surface area (Å²) in [6, 6.07) is 17.3. The molecule has 2 aliphatic rings. The van der Waals surface area contributed by atoms with E-state index >= 15 is 0 Å². The highest BCUT2D eigenvalue weighted by molar-refractivity contribution is 6.91. The van der Waals surface area contributed by atoms with E-state index in [9.17, 15) is 14.7 Å². The van der Waals surface area contributed by atoms with Gasteiger partial charge in [-0.2, -0.15) is 0 Å². The van der Waals surface area contributed by atoms with Gasteiger partial charge in [0.2, 0.25) is 0 Å². The van der Waals surface area contributed by atoms with Gasteiger partial charge in [0.15, 0.2) is 11.4 Å². The highest BCUT2D eigenvalue weighted by atomic mass is 28.3. The number of carbonyl (C=O) groups excluding carboxylic acids is 1. The number of hydrogen-bond donors (Lipinski definition) is 1. The molecule has 12 heteroatoms. The molecule has 252 valence electrons. The van der Waals surface area contributed by atoms with Crippen molar-refractivity contribution in [3.63, 3.8) is 0 Å². The number of carbonyl (C=O) groups is 1. The first-order valence-electron chi connectivity index (χ1n) is 16.3. The van der Waals surface area contributed by atoms with Crippen LogP contribution in [0.3, 0.4) is 0 Å². The van der Waals surface area contributed by atoms with Crippen LogP contribution in [0.2, 0.25) is 18.6 Å². The molecule has 4 atom stereocenters. The zero-order valence-corrected chi connectivity index (χ0v) is 29.1. The molecule has 2 aromatic carbocycles. The minimum absolute atomic E-state index is 0.000785. The molecule has 48 heavy (non-hydrogen) atoms. The molecular weight excluding hydrogens is 627 g/mol. The maximum atomic E-state index is 14.8. The van der Waals surface area contributed by atoms with Gasteiger partial charge in [-0.05, 0) is 54.4 Å². The first kappa shape index (κ1) is 33.4. The van der Waals surface area contributed by atoms with Gasteiger partial charge in [-0.1, -0.05) is 48.6 Å². The van der Waals surface area contributed by atoms with Gasteiger partial charge in [0, 0.05) is 55.7 Å². The Morgan fingerprint density at radius 3 is 2.56 bits per heavy atom. The monoisotopic (exact) mass is 669 g/mol. The van der Waals surface area contributed by atoms with Gasteiger partial charge in [0.05, 0.1) is 39.8 Å². The van der Waals surface area contributed by atoms with Crippen LogP contribution in [0.5, 0.6) is 11.5 Å². The van der Waals surface area contributed by atoms with E-state index in [-0.39, 0.29) is 41.4 Å². The van der Waals surface area contributed by atoms with Crippen molar-refractivity contribution in [3.8, 4) is 17.2 Å². The number of methoxy groups -OCH3 is 2. The summed E-state index contributed by atoms with van der Waals surface area (Å²) in [6.45, 7) is 11.6. The summed E-state index contributed by atoms with van der Waals surface area (Å²) in [4.78, 5) is 29.8. The van der Waals surface area contributed by atoms with Gasteiger partial charge < -0.3 is 24.2 Å². The van der Waals surface area contributed by atoms with Crippen LogP contribution in [0, 0.1) is 5.92 Å². The van der Waals surface area contributed by atoms with E-state index in [1.54, 1.807) is 41.1 Å². The number of fused-ring (bicyclic) bond motifs is 2. The van der Waals surface area contributed by atoms with Crippen LogP contribution in [0.25, 0.3) is 5.69 Å². The van der Waals surface area contributed by atoms with E-state index in [4.69, 9.17) is 14.2 Å². The van der Waals surface area contributed by atoms with Crippen molar-refractivity contribution in [2.75, 3.05) is 32.3 Å². The lowest BCUT2D eigenvalue weighted by Crippen LogP contribution is -2.52. The Bertz CT molecular complexity index is 1870. The second-order valence-corrected chi connectivity index (χ2v) is 17.7. The lowest BCUT2D eigenvalue weighted by molar-refractivity contribution is -0.145. The maximum Gasteiger partial charge on any atom is 0.297 e. The van der Waals surface area contributed by atoms with E-state index in [0.717, 1.165) is 22.7 Å². The first-order valence-corrected chi connectivity index (χ1v) is 19.3. The molecule has 0 saturated carbocycles. The van der Waals surface area contributed by atoms with E-state index in [1.165, 1.54) is 16.9 Å². The molecule has 1 N–H and O–H groups in total. The quantitative estimate of drug-likeness (QED) is 0.179. The summed E-state index contributed by atoms with van der Waals surface area (Å²) in [6.07, 6.45) is 6.02. The number of aromatic nitrogens is 4. The third kappa shape index (κ3) is 5.47. The number of pyridine rings is 1. The molecule has 4 heterocycles. The Labute approximate surface area is 281 Å². The van der Waals surface area contributed by atoms with Crippen molar-refractivity contribution < 1.29 is 24.1 Å². The summed E-state index contributed by atoms with van der Waals surface area (Å²) >= 11 is 0. The lowest BCUT2D eigenvalue weighted by Gasteiger charge is -2.37. The van der Waals surface area contributed by atoms with Crippen LogP contribution in [0.15, 0.2) is 84.4 Å². The number of hydrogen-bond acceptors (Lipinski definition) is 8. The van der Waals surface area contributed by atoms with E-state index in [0.29, 0.717) is 31.6 Å². The average molecular weight is 670 g/mol. The highest BCUT2D eigenvalue weighted by Gasteiger charge is 2.66. The summed E-state index contributed by atoms with van der Waals surface area (Å²) in [7, 11) is 0.772. The molecule has 1 spiro atoms. The second kappa shape index (κ2) is 13.2. The van der Waals surface area contributed by atoms with Crippen molar-refractivity contribution >= 4 is 24.9 Å². The number of aliphatic hydroxyl groups is 1. The number of rotatable bonds is 12. The number of ether oxygens (including phenoxy) is 3. The number of aliphatic hydroxyl groups excluding tert-OH is 1. The van der Waals surface area contributed by atoms with Crippen molar-refractivity contribution in [3.05, 3.63) is 101 Å². The standard InChI is InChI=1S/C36H43N5O6Si/c1-7-18-41-30-15-10-26(40-19-8-9-32(46-4)34(40)43)22-29(30)36(35(41)44)24(2)33(48(5,6)28-13-11-27(45-3)12-14-28)31(47-36)16-20-39-23-25(17-21-42)37-38-39/h7-15,19,22-24,31,33,42H,1,16-18,20-21H2,2-6H3/t24-,31+,33-,36+/m1/s1. The molecular formula is C36H43N5O6Si. The van der Waals surface area contributed by atoms with Crippen LogP contribution in [-0.4, -0.2) is 72.1 Å². The molecule has 0 radical (unpaired) electrons.